The van der Waals surface area contributed by atoms with Gasteiger partial charge in [0.2, 0.25) is 0 Å². The fraction of sp³-hybridized carbons (Fsp3) is 0.417. The van der Waals surface area contributed by atoms with Crippen LogP contribution in [0.2, 0.25) is 0 Å². The van der Waals surface area contributed by atoms with E-state index in [1.165, 1.54) is 11.8 Å². The van der Waals surface area contributed by atoms with Crippen molar-refractivity contribution >= 4 is 17.1 Å². The van der Waals surface area contributed by atoms with Gasteiger partial charge in [-0.2, -0.15) is 0 Å². The molecule has 0 saturated carbocycles. The second kappa shape index (κ2) is 5.21. The third kappa shape index (κ3) is 3.59. The molecule has 1 aromatic rings. The van der Waals surface area contributed by atoms with E-state index >= 15 is 0 Å². The molecule has 0 unspecified atom stereocenters. The van der Waals surface area contributed by atoms with E-state index < -0.39 is 0 Å². The van der Waals surface area contributed by atoms with E-state index in [1.54, 1.807) is 0 Å². The summed E-state index contributed by atoms with van der Waals surface area (Å²) in [4.78, 5) is 11.4. The zero-order valence-electron chi connectivity index (χ0n) is 9.32. The summed E-state index contributed by atoms with van der Waals surface area (Å²) < 4.78 is 4.68. The van der Waals surface area contributed by atoms with Gasteiger partial charge in [-0.3, -0.25) is 0 Å². The zero-order valence-corrected chi connectivity index (χ0v) is 10.1. The molecule has 0 fully saturated rings. The van der Waals surface area contributed by atoms with Gasteiger partial charge in [0.1, 0.15) is 0 Å². The van der Waals surface area contributed by atoms with Crippen LogP contribution in [0.15, 0.2) is 30.3 Å². The molecular weight excluding hydrogens is 208 g/mol. The van der Waals surface area contributed by atoms with Crippen LogP contribution in [0.1, 0.15) is 26.3 Å². The maximum Gasteiger partial charge on any atom is 0.368 e. The minimum Gasteiger partial charge on any atom is -0.458 e. The van der Waals surface area contributed by atoms with Crippen LogP contribution in [-0.4, -0.2) is 11.9 Å². The number of hydrogen-bond acceptors (Lipinski definition) is 3. The fourth-order valence-corrected chi connectivity index (χ4v) is 2.10. The van der Waals surface area contributed by atoms with Crippen molar-refractivity contribution < 1.29 is 9.53 Å². The first-order chi connectivity index (χ1) is 7.06. The third-order valence-electron chi connectivity index (χ3n) is 2.07. The number of thioether (sulfide) groups is 1. The molecule has 0 heterocycles. The van der Waals surface area contributed by atoms with Gasteiger partial charge >= 0.3 is 5.30 Å². The summed E-state index contributed by atoms with van der Waals surface area (Å²) in [5.41, 5.74) is 1.13. The first-order valence-electron chi connectivity index (χ1n) is 4.97. The fourth-order valence-electron chi connectivity index (χ4n) is 1.25. The highest BCUT2D eigenvalue weighted by Crippen LogP contribution is 2.36. The van der Waals surface area contributed by atoms with Crippen molar-refractivity contribution in [1.82, 2.24) is 0 Å². The van der Waals surface area contributed by atoms with E-state index in [9.17, 15) is 4.79 Å². The number of ether oxygens (including phenoxy) is 1. The lowest BCUT2D eigenvalue weighted by Gasteiger charge is -2.22. The molecule has 15 heavy (non-hydrogen) atoms. The van der Waals surface area contributed by atoms with Gasteiger partial charge in [-0.1, -0.05) is 30.3 Å². The first-order valence-corrected chi connectivity index (χ1v) is 5.79. The second-order valence-corrected chi connectivity index (χ2v) is 5.22. The van der Waals surface area contributed by atoms with Gasteiger partial charge in [0, 0.05) is 4.75 Å². The van der Waals surface area contributed by atoms with Gasteiger partial charge < -0.3 is 4.74 Å². The Morgan fingerprint density at radius 3 is 2.47 bits per heavy atom. The maximum atomic E-state index is 11.4. The summed E-state index contributed by atoms with van der Waals surface area (Å²) >= 11 is 1.22. The summed E-state index contributed by atoms with van der Waals surface area (Å²) in [6.07, 6.45) is 0. The molecule has 0 amide bonds. The topological polar surface area (TPSA) is 26.3 Å². The number of carbonyl (C=O) groups is 1. The molecule has 0 aliphatic heterocycles. The van der Waals surface area contributed by atoms with E-state index in [4.69, 9.17) is 4.74 Å². The molecule has 0 aliphatic rings. The van der Waals surface area contributed by atoms with Gasteiger partial charge in [0.15, 0.2) is 0 Å². The highest BCUT2D eigenvalue weighted by atomic mass is 32.2. The van der Waals surface area contributed by atoms with Crippen LogP contribution >= 0.6 is 11.8 Å². The van der Waals surface area contributed by atoms with Crippen LogP contribution in [0.3, 0.4) is 0 Å². The van der Waals surface area contributed by atoms with Gasteiger partial charge in [-0.15, -0.1) is 0 Å². The lowest BCUT2D eigenvalue weighted by atomic mass is 10.0. The normalized spacial score (nSPS) is 11.1. The molecule has 2 nitrogen and oxygen atoms in total. The molecule has 0 radical (unpaired) electrons. The molecule has 0 saturated heterocycles. The third-order valence-corrected chi connectivity index (χ3v) is 3.10. The quantitative estimate of drug-likeness (QED) is 0.730. The van der Waals surface area contributed by atoms with Crippen molar-refractivity contribution in [3.8, 4) is 0 Å². The van der Waals surface area contributed by atoms with Gasteiger partial charge in [-0.25, -0.2) is 4.79 Å². The molecular formula is C12H16O2S. The van der Waals surface area contributed by atoms with Crippen LogP contribution in [0, 0.1) is 0 Å². The van der Waals surface area contributed by atoms with Crippen LogP contribution in [0.25, 0.3) is 0 Å². The first kappa shape index (κ1) is 12.1. The predicted molar refractivity (Wildman–Crippen MR) is 64.1 cm³/mol. The van der Waals surface area contributed by atoms with Crippen LogP contribution in [-0.2, 0) is 9.48 Å². The standard InChI is InChI=1S/C12H16O2S/c1-4-14-11(13)15-12(2,3)10-8-6-5-7-9-10/h5-9H,4H2,1-3H3. The van der Waals surface area contributed by atoms with Crippen molar-refractivity contribution in [3.05, 3.63) is 35.9 Å². The number of benzene rings is 1. The Hall–Kier alpha value is -0.960. The average molecular weight is 224 g/mol. The minimum absolute atomic E-state index is 0.216. The Morgan fingerprint density at radius 2 is 1.93 bits per heavy atom. The Kier molecular flexibility index (Phi) is 4.21. The number of hydrogen-bond donors (Lipinski definition) is 0. The molecule has 0 N–H and O–H groups in total. The maximum absolute atomic E-state index is 11.4. The molecule has 0 aliphatic carbocycles. The molecule has 0 aromatic heterocycles. The van der Waals surface area contributed by atoms with E-state index in [2.05, 4.69) is 0 Å². The van der Waals surface area contributed by atoms with E-state index in [-0.39, 0.29) is 10.0 Å². The Balaban J connectivity index is 2.71. The number of rotatable bonds is 3. The lowest BCUT2D eigenvalue weighted by molar-refractivity contribution is 0.181. The number of carbonyl (C=O) groups excluding carboxylic acids is 1. The van der Waals surface area contributed by atoms with Crippen LogP contribution < -0.4 is 0 Å². The second-order valence-electron chi connectivity index (χ2n) is 3.66. The van der Waals surface area contributed by atoms with Crippen molar-refractivity contribution in [3.63, 3.8) is 0 Å². The summed E-state index contributed by atoms with van der Waals surface area (Å²) in [6, 6.07) is 9.96. The zero-order chi connectivity index (χ0) is 11.3. The lowest BCUT2D eigenvalue weighted by Crippen LogP contribution is -2.15. The summed E-state index contributed by atoms with van der Waals surface area (Å²) in [5, 5.41) is -0.216. The molecule has 82 valence electrons. The highest BCUT2D eigenvalue weighted by molar-refractivity contribution is 8.14. The Labute approximate surface area is 95.0 Å². The predicted octanol–water partition coefficient (Wildman–Crippen LogP) is 3.81. The monoisotopic (exact) mass is 224 g/mol. The van der Waals surface area contributed by atoms with E-state index in [0.29, 0.717) is 6.61 Å². The molecule has 0 bridgehead atoms. The summed E-state index contributed by atoms with van der Waals surface area (Å²) in [5.74, 6) is 0. The Morgan fingerprint density at radius 1 is 1.33 bits per heavy atom. The van der Waals surface area contributed by atoms with Crippen molar-refractivity contribution in [2.75, 3.05) is 6.61 Å². The largest absolute Gasteiger partial charge is 0.458 e. The van der Waals surface area contributed by atoms with E-state index in [1.807, 2.05) is 51.1 Å². The van der Waals surface area contributed by atoms with Crippen molar-refractivity contribution in [2.45, 2.75) is 25.5 Å². The molecule has 0 spiro atoms. The molecule has 1 aromatic carbocycles. The average Bonchev–Trinajstić information content (AvgIpc) is 2.18. The van der Waals surface area contributed by atoms with E-state index in [0.717, 1.165) is 5.56 Å². The smallest absolute Gasteiger partial charge is 0.368 e. The van der Waals surface area contributed by atoms with Gasteiger partial charge in [0.25, 0.3) is 0 Å². The van der Waals surface area contributed by atoms with Crippen LogP contribution in [0.4, 0.5) is 4.79 Å². The van der Waals surface area contributed by atoms with Crippen LogP contribution in [0.5, 0.6) is 0 Å². The van der Waals surface area contributed by atoms with Crippen molar-refractivity contribution in [1.29, 1.82) is 0 Å². The Bertz CT molecular complexity index is 320. The van der Waals surface area contributed by atoms with Gasteiger partial charge in [0.05, 0.1) is 6.61 Å². The molecule has 3 heteroatoms. The molecule has 0 atom stereocenters. The summed E-state index contributed by atoms with van der Waals surface area (Å²) in [7, 11) is 0. The SMILES string of the molecule is CCOC(=O)SC(C)(C)c1ccccc1. The van der Waals surface area contributed by atoms with Gasteiger partial charge in [-0.05, 0) is 38.1 Å². The molecule has 1 rings (SSSR count). The highest BCUT2D eigenvalue weighted by Gasteiger charge is 2.25. The van der Waals surface area contributed by atoms with Crippen molar-refractivity contribution in [2.24, 2.45) is 0 Å². The minimum atomic E-state index is -0.243. The summed E-state index contributed by atoms with van der Waals surface area (Å²) in [6.45, 7) is 6.28.